The molecule has 0 aliphatic rings. The topological polar surface area (TPSA) is 77.6 Å². The molecule has 0 spiro atoms. The molecule has 7 heteroatoms. The normalized spacial score (nSPS) is 11.8. The number of nitrogens with one attached hydrogen (secondary N) is 1. The number of aromatic nitrogens is 5. The molecular weight excluding hydrogens is 412 g/mol. The molecule has 0 bridgehead atoms. The fraction of sp³-hybridized carbons (Fsp3) is 0.0769. The lowest BCUT2D eigenvalue weighted by atomic mass is 10.1. The van der Waals surface area contributed by atoms with Gasteiger partial charge in [-0.15, -0.1) is 0 Å². The molecule has 1 amide bonds. The van der Waals surface area contributed by atoms with Gasteiger partial charge in [-0.1, -0.05) is 66.7 Å². The Labute approximate surface area is 191 Å². The lowest BCUT2D eigenvalue weighted by molar-refractivity contribution is 0.0931. The van der Waals surface area contributed by atoms with Crippen LogP contribution in [-0.4, -0.2) is 30.5 Å². The summed E-state index contributed by atoms with van der Waals surface area (Å²) in [5.41, 5.74) is 4.39. The first kappa shape index (κ1) is 20.4. The SMILES string of the molecule is O=C(NC(Cn1cncn1)c1ccccc1)c1cccc(-n2nccc2-c2ccccc2)c1. The van der Waals surface area contributed by atoms with E-state index < -0.39 is 0 Å². The predicted octanol–water partition coefficient (Wildman–Crippen LogP) is 4.30. The van der Waals surface area contributed by atoms with Crippen LogP contribution in [0.1, 0.15) is 22.0 Å². The summed E-state index contributed by atoms with van der Waals surface area (Å²) in [4.78, 5) is 17.3. The fourth-order valence-electron chi connectivity index (χ4n) is 3.79. The zero-order valence-corrected chi connectivity index (χ0v) is 17.8. The van der Waals surface area contributed by atoms with Crippen LogP contribution in [0.2, 0.25) is 0 Å². The molecule has 2 heterocycles. The maximum Gasteiger partial charge on any atom is 0.251 e. The van der Waals surface area contributed by atoms with Crippen LogP contribution in [0, 0.1) is 0 Å². The summed E-state index contributed by atoms with van der Waals surface area (Å²) in [7, 11) is 0. The van der Waals surface area contributed by atoms with Crippen molar-refractivity contribution in [2.75, 3.05) is 0 Å². The number of rotatable bonds is 7. The third kappa shape index (κ3) is 4.57. The molecule has 5 rings (SSSR count). The summed E-state index contributed by atoms with van der Waals surface area (Å²) >= 11 is 0. The van der Waals surface area contributed by atoms with Gasteiger partial charge in [0.05, 0.1) is 30.2 Å². The van der Waals surface area contributed by atoms with Crippen molar-refractivity contribution >= 4 is 5.91 Å². The number of benzene rings is 3. The molecule has 3 aromatic carbocycles. The second-order valence-corrected chi connectivity index (χ2v) is 7.60. The smallest absolute Gasteiger partial charge is 0.251 e. The molecule has 0 saturated heterocycles. The van der Waals surface area contributed by atoms with Gasteiger partial charge in [-0.05, 0) is 29.8 Å². The molecule has 0 saturated carbocycles. The first-order valence-electron chi connectivity index (χ1n) is 10.7. The molecule has 0 aliphatic carbocycles. The second kappa shape index (κ2) is 9.32. The van der Waals surface area contributed by atoms with Crippen LogP contribution in [0.5, 0.6) is 0 Å². The number of nitrogens with zero attached hydrogens (tertiary/aromatic N) is 5. The number of carbonyl (C=O) groups excluding carboxylic acids is 1. The quantitative estimate of drug-likeness (QED) is 0.414. The van der Waals surface area contributed by atoms with E-state index in [2.05, 4.69) is 20.5 Å². The van der Waals surface area contributed by atoms with Gasteiger partial charge in [0.1, 0.15) is 12.7 Å². The minimum atomic E-state index is -0.256. The summed E-state index contributed by atoms with van der Waals surface area (Å²) in [6, 6.07) is 29.1. The third-order valence-electron chi connectivity index (χ3n) is 5.41. The molecule has 0 fully saturated rings. The Morgan fingerprint density at radius 2 is 1.67 bits per heavy atom. The summed E-state index contributed by atoms with van der Waals surface area (Å²) in [5.74, 6) is -0.167. The van der Waals surface area contributed by atoms with Crippen LogP contribution in [-0.2, 0) is 6.54 Å². The maximum absolute atomic E-state index is 13.2. The van der Waals surface area contributed by atoms with E-state index in [0.29, 0.717) is 12.1 Å². The number of hydrogen-bond acceptors (Lipinski definition) is 4. The molecule has 2 aromatic heterocycles. The van der Waals surface area contributed by atoms with E-state index in [-0.39, 0.29) is 11.9 Å². The minimum Gasteiger partial charge on any atom is -0.343 e. The molecule has 1 N–H and O–H groups in total. The number of amides is 1. The monoisotopic (exact) mass is 434 g/mol. The molecule has 0 radical (unpaired) electrons. The van der Waals surface area contributed by atoms with Gasteiger partial charge in [-0.25, -0.2) is 9.67 Å². The predicted molar refractivity (Wildman–Crippen MR) is 126 cm³/mol. The Hall–Kier alpha value is -4.52. The Kier molecular flexibility index (Phi) is 5.75. The molecule has 5 aromatic rings. The zero-order valence-electron chi connectivity index (χ0n) is 17.8. The number of carbonyl (C=O) groups is 1. The summed E-state index contributed by atoms with van der Waals surface area (Å²) < 4.78 is 3.56. The minimum absolute atomic E-state index is 0.167. The van der Waals surface area contributed by atoms with Gasteiger partial charge in [0, 0.05) is 11.1 Å². The van der Waals surface area contributed by atoms with Crippen molar-refractivity contribution < 1.29 is 4.79 Å². The average molecular weight is 435 g/mol. The van der Waals surface area contributed by atoms with Crippen LogP contribution in [0.15, 0.2) is 110 Å². The molecule has 162 valence electrons. The van der Waals surface area contributed by atoms with Crippen molar-refractivity contribution in [2.24, 2.45) is 0 Å². The van der Waals surface area contributed by atoms with Crippen LogP contribution in [0.3, 0.4) is 0 Å². The summed E-state index contributed by atoms with van der Waals surface area (Å²) in [6.45, 7) is 0.479. The highest BCUT2D eigenvalue weighted by Crippen LogP contribution is 2.23. The summed E-state index contributed by atoms with van der Waals surface area (Å²) in [5, 5.41) is 11.8. The molecule has 7 nitrogen and oxygen atoms in total. The molecular formula is C26H22N6O. The lowest BCUT2D eigenvalue weighted by Gasteiger charge is -2.19. The van der Waals surface area contributed by atoms with Crippen LogP contribution in [0.4, 0.5) is 0 Å². The lowest BCUT2D eigenvalue weighted by Crippen LogP contribution is -2.31. The van der Waals surface area contributed by atoms with Crippen LogP contribution < -0.4 is 5.32 Å². The first-order chi connectivity index (χ1) is 16.3. The van der Waals surface area contributed by atoms with Gasteiger partial charge in [-0.3, -0.25) is 9.48 Å². The maximum atomic E-state index is 13.2. The van der Waals surface area contributed by atoms with E-state index in [4.69, 9.17) is 0 Å². The Balaban J connectivity index is 1.42. The van der Waals surface area contributed by atoms with Crippen LogP contribution in [0.25, 0.3) is 16.9 Å². The Morgan fingerprint density at radius 1 is 0.879 bits per heavy atom. The highest BCUT2D eigenvalue weighted by molar-refractivity contribution is 5.95. The Bertz CT molecular complexity index is 1330. The largest absolute Gasteiger partial charge is 0.343 e. The molecule has 33 heavy (non-hydrogen) atoms. The Morgan fingerprint density at radius 3 is 2.42 bits per heavy atom. The first-order valence-corrected chi connectivity index (χ1v) is 10.7. The fourth-order valence-corrected chi connectivity index (χ4v) is 3.79. The van der Waals surface area contributed by atoms with Crippen molar-refractivity contribution in [1.29, 1.82) is 0 Å². The summed E-state index contributed by atoms with van der Waals surface area (Å²) in [6.07, 6.45) is 4.89. The van der Waals surface area contributed by atoms with Crippen molar-refractivity contribution in [3.05, 3.63) is 121 Å². The molecule has 1 atom stereocenters. The highest BCUT2D eigenvalue weighted by Gasteiger charge is 2.18. The standard InChI is InChI=1S/C26H22N6O/c33-26(30-24(17-31-19-27-18-29-31)20-8-3-1-4-9-20)22-12-7-13-23(16-22)32-25(14-15-28-32)21-10-5-2-6-11-21/h1-16,18-19,24H,17H2,(H,30,33). The van der Waals surface area contributed by atoms with Crippen molar-refractivity contribution in [3.63, 3.8) is 0 Å². The van der Waals surface area contributed by atoms with E-state index >= 15 is 0 Å². The van der Waals surface area contributed by atoms with Crippen molar-refractivity contribution in [3.8, 4) is 16.9 Å². The van der Waals surface area contributed by atoms with E-state index in [9.17, 15) is 4.79 Å². The van der Waals surface area contributed by atoms with Gasteiger partial charge in [0.25, 0.3) is 5.91 Å². The third-order valence-corrected chi connectivity index (χ3v) is 5.41. The van der Waals surface area contributed by atoms with Gasteiger partial charge in [0.15, 0.2) is 0 Å². The average Bonchev–Trinajstić information content (AvgIpc) is 3.57. The molecule has 1 unspecified atom stereocenters. The zero-order chi connectivity index (χ0) is 22.5. The number of hydrogen-bond donors (Lipinski definition) is 1. The van der Waals surface area contributed by atoms with Crippen molar-refractivity contribution in [1.82, 2.24) is 29.9 Å². The van der Waals surface area contributed by atoms with E-state index in [1.165, 1.54) is 6.33 Å². The van der Waals surface area contributed by atoms with Gasteiger partial charge in [0.2, 0.25) is 0 Å². The van der Waals surface area contributed by atoms with E-state index in [0.717, 1.165) is 22.5 Å². The van der Waals surface area contributed by atoms with E-state index in [1.807, 2.05) is 95.7 Å². The van der Waals surface area contributed by atoms with Gasteiger partial charge >= 0.3 is 0 Å². The highest BCUT2D eigenvalue weighted by atomic mass is 16.1. The van der Waals surface area contributed by atoms with Crippen molar-refractivity contribution in [2.45, 2.75) is 12.6 Å². The molecule has 0 aliphatic heterocycles. The van der Waals surface area contributed by atoms with E-state index in [1.54, 1.807) is 17.2 Å². The van der Waals surface area contributed by atoms with Crippen LogP contribution >= 0.6 is 0 Å². The van der Waals surface area contributed by atoms with Gasteiger partial charge in [-0.2, -0.15) is 10.2 Å². The van der Waals surface area contributed by atoms with Gasteiger partial charge < -0.3 is 5.32 Å². The second-order valence-electron chi connectivity index (χ2n) is 7.60.